The zero-order valence-corrected chi connectivity index (χ0v) is 10.3. The normalized spacial score (nSPS) is 12.1. The Balaban J connectivity index is 0. The van der Waals surface area contributed by atoms with Crippen LogP contribution in [0.3, 0.4) is 0 Å². The van der Waals surface area contributed by atoms with Crippen LogP contribution in [-0.2, 0) is 20.2 Å². The van der Waals surface area contributed by atoms with Crippen LogP contribution in [-0.4, -0.2) is 78.5 Å². The molecule has 0 aromatic rings. The maximum atomic E-state index is 10.2. The van der Waals surface area contributed by atoms with E-state index < -0.39 is 20.2 Å². The first-order chi connectivity index (χ1) is 6.21. The minimum absolute atomic E-state index is 0. The van der Waals surface area contributed by atoms with E-state index in [9.17, 15) is 16.8 Å². The molecule has 0 atom stereocenters. The summed E-state index contributed by atoms with van der Waals surface area (Å²) in [5, 5.41) is 0. The molecule has 0 aliphatic heterocycles. The summed E-state index contributed by atoms with van der Waals surface area (Å²) in [7, 11) is -5.64. The fourth-order valence-corrected chi connectivity index (χ4v) is 4.79. The monoisotopic (exact) mass is 306 g/mol. The number of hydrogen-bond donors (Lipinski definition) is 2. The van der Waals surface area contributed by atoms with Crippen LogP contribution in [0.4, 0.5) is 0 Å². The molecule has 0 aliphatic rings. The third kappa shape index (κ3) is 18.1. The molecule has 15 heavy (non-hydrogen) atoms. The first-order valence-electron chi connectivity index (χ1n) is 3.35. The van der Waals surface area contributed by atoms with Crippen molar-refractivity contribution >= 4 is 71.4 Å². The maximum absolute atomic E-state index is 10.2. The first-order valence-corrected chi connectivity index (χ1v) is 9.06. The van der Waals surface area contributed by atoms with E-state index in [2.05, 4.69) is 0 Å². The quantitative estimate of drug-likeness (QED) is 0.280. The second-order valence-corrected chi connectivity index (χ2v) is 8.06. The molecule has 88 valence electrons. The van der Waals surface area contributed by atoms with Crippen molar-refractivity contribution in [2.75, 3.05) is 23.0 Å². The topological polar surface area (TPSA) is 109 Å². The van der Waals surface area contributed by atoms with E-state index in [1.165, 1.54) is 0 Å². The molecule has 0 aromatic carbocycles. The van der Waals surface area contributed by atoms with Gasteiger partial charge in [0, 0.05) is 11.5 Å². The summed E-state index contributed by atoms with van der Waals surface area (Å²) in [5.74, 6) is -0.378. The van der Waals surface area contributed by atoms with Gasteiger partial charge in [0.05, 0.1) is 11.5 Å². The second-order valence-electron chi connectivity index (χ2n) is 2.22. The van der Waals surface area contributed by atoms with Gasteiger partial charge in [0.25, 0.3) is 20.2 Å². The molecule has 0 saturated heterocycles. The van der Waals surface area contributed by atoms with Crippen molar-refractivity contribution < 1.29 is 25.9 Å². The summed E-state index contributed by atoms with van der Waals surface area (Å²) in [5.41, 5.74) is 0. The first kappa shape index (κ1) is 18.9. The molecule has 0 unspecified atom stereocenters. The van der Waals surface area contributed by atoms with Gasteiger partial charge in [-0.05, 0) is 0 Å². The summed E-state index contributed by atoms with van der Waals surface area (Å²) < 4.78 is 57.5. The molecule has 0 aliphatic carbocycles. The van der Waals surface area contributed by atoms with E-state index in [-0.39, 0.29) is 52.6 Å². The zero-order valence-electron chi connectivity index (χ0n) is 6.99. The van der Waals surface area contributed by atoms with Crippen molar-refractivity contribution in [1.82, 2.24) is 0 Å². The molecule has 0 amide bonds. The molecule has 0 fully saturated rings. The van der Waals surface area contributed by atoms with Gasteiger partial charge in [0.2, 0.25) is 0 Å². The van der Waals surface area contributed by atoms with E-state index in [0.717, 1.165) is 21.6 Å². The Kier molecular flexibility index (Phi) is 10.8. The van der Waals surface area contributed by atoms with Gasteiger partial charge in [-0.25, -0.2) is 0 Å². The Morgan fingerprint density at radius 3 is 1.27 bits per heavy atom. The Labute approximate surface area is 119 Å². The Morgan fingerprint density at radius 2 is 1.07 bits per heavy atom. The second kappa shape index (κ2) is 8.59. The van der Waals surface area contributed by atoms with Crippen LogP contribution in [0.2, 0.25) is 0 Å². The van der Waals surface area contributed by atoms with Gasteiger partial charge in [0.1, 0.15) is 0 Å². The Morgan fingerprint density at radius 1 is 0.800 bits per heavy atom. The molecular weight excluding hydrogens is 295 g/mol. The molecule has 6 nitrogen and oxygen atoms in total. The van der Waals surface area contributed by atoms with E-state index >= 15 is 0 Å². The van der Waals surface area contributed by atoms with Crippen molar-refractivity contribution in [3.63, 3.8) is 0 Å². The predicted molar refractivity (Wildman–Crippen MR) is 64.9 cm³/mol. The van der Waals surface area contributed by atoms with Crippen LogP contribution in [0.25, 0.3) is 0 Å². The summed E-state index contributed by atoms with van der Waals surface area (Å²) in [6.45, 7) is 0. The standard InChI is InChI=1S/C4H10O6S4.Na.H/c5-13(6,7)3-1-11-12-2-4-14(8,9)10;;/h1-4H2,(H,5,6,7)(H,8,9,10);;. The van der Waals surface area contributed by atoms with E-state index in [0.29, 0.717) is 0 Å². The van der Waals surface area contributed by atoms with Crippen LogP contribution in [0, 0.1) is 0 Å². The van der Waals surface area contributed by atoms with Crippen LogP contribution >= 0.6 is 21.6 Å². The van der Waals surface area contributed by atoms with E-state index in [4.69, 9.17) is 9.11 Å². The number of hydrogen-bond acceptors (Lipinski definition) is 6. The molecule has 11 heteroatoms. The third-order valence-electron chi connectivity index (χ3n) is 0.933. The van der Waals surface area contributed by atoms with Gasteiger partial charge >= 0.3 is 29.6 Å². The van der Waals surface area contributed by atoms with Crippen LogP contribution in [0.15, 0.2) is 0 Å². The molecule has 0 rings (SSSR count). The molecule has 0 aromatic heterocycles. The van der Waals surface area contributed by atoms with Gasteiger partial charge in [0.15, 0.2) is 0 Å². The van der Waals surface area contributed by atoms with Crippen molar-refractivity contribution in [3.8, 4) is 0 Å². The summed E-state index contributed by atoms with van der Waals surface area (Å²) in [6, 6.07) is 0. The van der Waals surface area contributed by atoms with Crippen molar-refractivity contribution in [2.45, 2.75) is 0 Å². The van der Waals surface area contributed by atoms with Crippen LogP contribution in [0.5, 0.6) is 0 Å². The molecule has 0 spiro atoms. The summed E-state index contributed by atoms with van der Waals surface area (Å²) in [6.07, 6.45) is 0. The van der Waals surface area contributed by atoms with Crippen molar-refractivity contribution in [3.05, 3.63) is 0 Å². The Bertz CT molecular complexity index is 311. The molecule has 2 N–H and O–H groups in total. The number of rotatable bonds is 7. The zero-order chi connectivity index (χ0) is 11.2. The van der Waals surface area contributed by atoms with Crippen LogP contribution < -0.4 is 0 Å². The van der Waals surface area contributed by atoms with Gasteiger partial charge in [-0.2, -0.15) is 16.8 Å². The minimum atomic E-state index is -3.94. The van der Waals surface area contributed by atoms with Crippen molar-refractivity contribution in [1.29, 1.82) is 0 Å². The Hall–Kier alpha value is 1.52. The van der Waals surface area contributed by atoms with Gasteiger partial charge in [-0.15, -0.1) is 0 Å². The van der Waals surface area contributed by atoms with Gasteiger partial charge in [-0.3, -0.25) is 9.11 Å². The molecular formula is C4H11NaO6S4. The molecule has 0 heterocycles. The van der Waals surface area contributed by atoms with Crippen LogP contribution in [0.1, 0.15) is 0 Å². The third-order valence-corrected chi connectivity index (χ3v) is 5.30. The average molecular weight is 306 g/mol. The summed E-state index contributed by atoms with van der Waals surface area (Å²) >= 11 is 0. The SMILES string of the molecule is O=S(=O)(O)CCSSCCS(=O)(=O)O.[NaH]. The molecule has 0 radical (unpaired) electrons. The van der Waals surface area contributed by atoms with Gasteiger partial charge in [-0.1, -0.05) is 21.6 Å². The van der Waals surface area contributed by atoms with E-state index in [1.807, 2.05) is 0 Å². The van der Waals surface area contributed by atoms with Crippen molar-refractivity contribution in [2.24, 2.45) is 0 Å². The predicted octanol–water partition coefficient (Wildman–Crippen LogP) is -0.505. The fourth-order valence-electron chi connectivity index (χ4n) is 0.397. The fraction of sp³-hybridized carbons (Fsp3) is 1.00. The molecule has 0 saturated carbocycles. The van der Waals surface area contributed by atoms with Gasteiger partial charge < -0.3 is 0 Å². The van der Waals surface area contributed by atoms with E-state index in [1.54, 1.807) is 0 Å². The molecule has 0 bridgehead atoms. The summed E-state index contributed by atoms with van der Waals surface area (Å²) in [4.78, 5) is 0. The average Bonchev–Trinajstić information content (AvgIpc) is 1.92.